The van der Waals surface area contributed by atoms with E-state index in [1.54, 1.807) is 35.5 Å². The van der Waals surface area contributed by atoms with Crippen LogP contribution in [0.15, 0.2) is 41.8 Å². The lowest BCUT2D eigenvalue weighted by molar-refractivity contribution is -0.149. The van der Waals surface area contributed by atoms with Crippen molar-refractivity contribution in [2.45, 2.75) is 19.3 Å². The summed E-state index contributed by atoms with van der Waals surface area (Å²) >= 11 is 1.57. The lowest BCUT2D eigenvalue weighted by atomic mass is 9.98. The van der Waals surface area contributed by atoms with Crippen LogP contribution in [0.25, 0.3) is 10.1 Å². The Morgan fingerprint density at radius 1 is 0.952 bits per heavy atom. The van der Waals surface area contributed by atoms with Crippen LogP contribution in [0.2, 0.25) is 0 Å². The first-order valence-corrected chi connectivity index (χ1v) is 15.3. The zero-order valence-corrected chi connectivity index (χ0v) is 24.8. The molecule has 0 N–H and O–H groups in total. The number of anilines is 2. The molecular weight excluding hydrogens is 561 g/mol. The van der Waals surface area contributed by atoms with Crippen LogP contribution in [0.5, 0.6) is 0 Å². The average molecular weight is 600 g/mol. The first-order valence-electron chi connectivity index (χ1n) is 14.4. The number of ether oxygens (including phenoxy) is 4. The Morgan fingerprint density at radius 2 is 1.76 bits per heavy atom. The van der Waals surface area contributed by atoms with Gasteiger partial charge in [0, 0.05) is 62.0 Å². The van der Waals surface area contributed by atoms with Crippen LogP contribution in [-0.4, -0.2) is 96.4 Å². The third-order valence-corrected chi connectivity index (χ3v) is 8.54. The fourth-order valence-electron chi connectivity index (χ4n) is 5.36. The molecule has 2 aliphatic rings. The first-order chi connectivity index (χ1) is 20.5. The quantitative estimate of drug-likeness (QED) is 0.204. The van der Waals surface area contributed by atoms with E-state index in [0.717, 1.165) is 71.7 Å². The number of esters is 1. The van der Waals surface area contributed by atoms with Crippen molar-refractivity contribution in [1.29, 1.82) is 0 Å². The van der Waals surface area contributed by atoms with Gasteiger partial charge in [0.1, 0.15) is 12.4 Å². The molecule has 0 aliphatic carbocycles. The highest BCUT2D eigenvalue weighted by atomic mass is 32.1. The number of nitrogens with zero attached hydrogens (tertiary/aromatic N) is 3. The van der Waals surface area contributed by atoms with Gasteiger partial charge in [0.05, 0.1) is 32.1 Å². The van der Waals surface area contributed by atoms with E-state index in [2.05, 4.69) is 28.0 Å². The van der Waals surface area contributed by atoms with Gasteiger partial charge in [0.25, 0.3) is 0 Å². The molecule has 2 aliphatic heterocycles. The van der Waals surface area contributed by atoms with E-state index >= 15 is 0 Å². The lowest BCUT2D eigenvalue weighted by Gasteiger charge is -2.36. The first kappa shape index (κ1) is 30.4. The van der Waals surface area contributed by atoms with E-state index in [9.17, 15) is 14.0 Å². The van der Waals surface area contributed by atoms with Crippen molar-refractivity contribution in [3.05, 3.63) is 58.7 Å². The molecule has 0 atom stereocenters. The van der Waals surface area contributed by atoms with Gasteiger partial charge in [-0.1, -0.05) is 12.1 Å². The molecule has 1 aromatic heterocycles. The van der Waals surface area contributed by atoms with Crippen molar-refractivity contribution in [2.24, 2.45) is 0 Å². The molecule has 1 saturated heterocycles. The maximum Gasteiger partial charge on any atom is 0.333 e. The highest BCUT2D eigenvalue weighted by Crippen LogP contribution is 2.33. The minimum atomic E-state index is -0.528. The topological polar surface area (TPSA) is 80.8 Å². The summed E-state index contributed by atoms with van der Waals surface area (Å²) in [5.41, 5.74) is 3.98. The minimum absolute atomic E-state index is 0.0619. The van der Waals surface area contributed by atoms with Crippen molar-refractivity contribution in [2.75, 3.05) is 89.4 Å². The monoisotopic (exact) mass is 599 g/mol. The number of benzene rings is 2. The van der Waals surface area contributed by atoms with E-state index in [0.29, 0.717) is 32.7 Å². The fourth-order valence-corrected chi connectivity index (χ4v) is 6.19. The van der Waals surface area contributed by atoms with E-state index < -0.39 is 5.97 Å². The Labute approximate surface area is 249 Å². The standard InChI is InChI=1S/C31H38FN3O6S/c1-38-13-14-39-15-16-40-21-31(37)41-22-35-27-18-23(2-3-24(27)4-5-30(35)36)6-8-33-9-11-34(12-10-33)28-19-25(32)20-29-26(28)7-17-42-29/h2-3,7,17-20H,4-6,8-16,21-22H2,1H3. The van der Waals surface area contributed by atoms with Gasteiger partial charge in [-0.2, -0.15) is 0 Å². The number of fused-ring (bicyclic) bond motifs is 2. The molecule has 1 fully saturated rings. The highest BCUT2D eigenvalue weighted by molar-refractivity contribution is 7.17. The summed E-state index contributed by atoms with van der Waals surface area (Å²) in [5.74, 6) is -0.780. The molecule has 0 saturated carbocycles. The molecule has 0 spiro atoms. The van der Waals surface area contributed by atoms with Gasteiger partial charge < -0.3 is 23.8 Å². The van der Waals surface area contributed by atoms with Crippen LogP contribution in [0, 0.1) is 5.82 Å². The van der Waals surface area contributed by atoms with Gasteiger partial charge in [-0.25, -0.2) is 9.18 Å². The van der Waals surface area contributed by atoms with Gasteiger partial charge in [0.2, 0.25) is 5.91 Å². The van der Waals surface area contributed by atoms with Crippen molar-refractivity contribution in [1.82, 2.24) is 4.90 Å². The number of methoxy groups -OCH3 is 1. The summed E-state index contributed by atoms with van der Waals surface area (Å²) in [6.07, 6.45) is 1.89. The van der Waals surface area contributed by atoms with Crippen LogP contribution >= 0.6 is 11.3 Å². The van der Waals surface area contributed by atoms with Crippen LogP contribution < -0.4 is 9.80 Å². The number of halogens is 1. The van der Waals surface area contributed by atoms with Crippen molar-refractivity contribution < 1.29 is 32.9 Å². The molecule has 226 valence electrons. The number of hydrogen-bond donors (Lipinski definition) is 0. The Bertz CT molecular complexity index is 1360. The van der Waals surface area contributed by atoms with Crippen LogP contribution in [-0.2, 0) is 41.4 Å². The Hall–Kier alpha value is -3.09. The van der Waals surface area contributed by atoms with Gasteiger partial charge >= 0.3 is 5.97 Å². The smallest absolute Gasteiger partial charge is 0.333 e. The molecule has 11 heteroatoms. The normalized spacial score (nSPS) is 15.8. The maximum absolute atomic E-state index is 14.2. The van der Waals surface area contributed by atoms with Gasteiger partial charge in [-0.15, -0.1) is 11.3 Å². The van der Waals surface area contributed by atoms with Crippen molar-refractivity contribution in [3.8, 4) is 0 Å². The van der Waals surface area contributed by atoms with Gasteiger partial charge in [-0.05, 0) is 53.6 Å². The molecule has 0 bridgehead atoms. The second-order valence-corrected chi connectivity index (χ2v) is 11.4. The summed E-state index contributed by atoms with van der Waals surface area (Å²) in [7, 11) is 1.60. The predicted octanol–water partition coefficient (Wildman–Crippen LogP) is 3.86. The van der Waals surface area contributed by atoms with E-state index in [1.165, 1.54) is 0 Å². The zero-order valence-electron chi connectivity index (χ0n) is 24.0. The third kappa shape index (κ3) is 7.84. The molecule has 2 aromatic carbocycles. The molecule has 9 nitrogen and oxygen atoms in total. The number of rotatable bonds is 14. The van der Waals surface area contributed by atoms with E-state index in [1.807, 2.05) is 11.4 Å². The minimum Gasteiger partial charge on any atom is -0.442 e. The van der Waals surface area contributed by atoms with Crippen molar-refractivity contribution >= 4 is 44.7 Å². The second-order valence-electron chi connectivity index (χ2n) is 10.4. The SMILES string of the molecule is COCCOCCOCC(=O)OCN1C(=O)CCc2ccc(CCN3CCN(c4cc(F)cc5sccc45)CC3)cc21. The number of amides is 1. The molecule has 0 unspecified atom stereocenters. The summed E-state index contributed by atoms with van der Waals surface area (Å²) in [6.45, 7) is 5.63. The molecule has 42 heavy (non-hydrogen) atoms. The van der Waals surface area contributed by atoms with Gasteiger partial charge in [-0.3, -0.25) is 14.6 Å². The maximum atomic E-state index is 14.2. The molecule has 5 rings (SSSR count). The largest absolute Gasteiger partial charge is 0.442 e. The summed E-state index contributed by atoms with van der Waals surface area (Å²) in [6, 6.07) is 11.6. The summed E-state index contributed by atoms with van der Waals surface area (Å²) in [4.78, 5) is 31.2. The Morgan fingerprint density at radius 3 is 2.60 bits per heavy atom. The summed E-state index contributed by atoms with van der Waals surface area (Å²) < 4.78 is 36.0. The highest BCUT2D eigenvalue weighted by Gasteiger charge is 2.26. The molecule has 3 aromatic rings. The number of aryl methyl sites for hydroxylation is 1. The molecule has 0 radical (unpaired) electrons. The van der Waals surface area contributed by atoms with Gasteiger partial charge in [0.15, 0.2) is 6.73 Å². The number of hydrogen-bond acceptors (Lipinski definition) is 9. The lowest BCUT2D eigenvalue weighted by Crippen LogP contribution is -2.47. The zero-order chi connectivity index (χ0) is 29.3. The predicted molar refractivity (Wildman–Crippen MR) is 161 cm³/mol. The number of carbonyl (C=O) groups is 2. The third-order valence-electron chi connectivity index (χ3n) is 7.67. The number of thiophene rings is 1. The average Bonchev–Trinajstić information content (AvgIpc) is 3.47. The number of piperazine rings is 1. The number of carbonyl (C=O) groups excluding carboxylic acids is 2. The van der Waals surface area contributed by atoms with Crippen LogP contribution in [0.4, 0.5) is 15.8 Å². The molecule has 1 amide bonds. The van der Waals surface area contributed by atoms with Crippen LogP contribution in [0.3, 0.4) is 0 Å². The molecular formula is C31H38FN3O6S. The fraction of sp³-hybridized carbons (Fsp3) is 0.484. The Kier molecular flexibility index (Phi) is 10.8. The van der Waals surface area contributed by atoms with E-state index in [4.69, 9.17) is 18.9 Å². The Balaban J connectivity index is 1.10. The molecule has 3 heterocycles. The van der Waals surface area contributed by atoms with Crippen LogP contribution in [0.1, 0.15) is 17.5 Å². The van der Waals surface area contributed by atoms with Crippen molar-refractivity contribution in [3.63, 3.8) is 0 Å². The van der Waals surface area contributed by atoms with E-state index in [-0.39, 0.29) is 31.7 Å². The second kappa shape index (κ2) is 14.9. The summed E-state index contributed by atoms with van der Waals surface area (Å²) in [5, 5.41) is 3.13.